The summed E-state index contributed by atoms with van der Waals surface area (Å²) in [5.41, 5.74) is 0.000344. The van der Waals surface area contributed by atoms with Crippen LogP contribution in [-0.2, 0) is 0 Å². The van der Waals surface area contributed by atoms with Crippen molar-refractivity contribution in [1.29, 1.82) is 0 Å². The highest BCUT2D eigenvalue weighted by molar-refractivity contribution is 5.86. The fraction of sp³-hybridized carbons (Fsp3) is 0.455. The standard InChI is InChI=1S/C11H11N4O2/c16-10(17)8-5-12-11-13-9(14-15(11)6-8)7-3-1-2-4-7/h5,7H,1-4H2,(H,16,17). The van der Waals surface area contributed by atoms with Crippen LogP contribution in [0.1, 0.15) is 47.8 Å². The third-order valence-corrected chi connectivity index (χ3v) is 3.09. The third-order valence-electron chi connectivity index (χ3n) is 3.09. The van der Waals surface area contributed by atoms with E-state index in [9.17, 15) is 4.79 Å². The van der Waals surface area contributed by atoms with E-state index in [0.717, 1.165) is 18.7 Å². The number of carboxylic acids is 1. The maximum atomic E-state index is 10.8. The molecule has 0 bridgehead atoms. The Morgan fingerprint density at radius 2 is 2.24 bits per heavy atom. The van der Waals surface area contributed by atoms with Crippen LogP contribution in [0.25, 0.3) is 5.78 Å². The molecule has 0 unspecified atom stereocenters. The number of aromatic carboxylic acids is 1. The van der Waals surface area contributed by atoms with E-state index < -0.39 is 5.97 Å². The minimum atomic E-state index is -1.06. The third kappa shape index (κ3) is 1.75. The van der Waals surface area contributed by atoms with Gasteiger partial charge >= 0.3 is 5.97 Å². The lowest BCUT2D eigenvalue weighted by molar-refractivity contribution is 0.0695. The van der Waals surface area contributed by atoms with Crippen LogP contribution in [0.5, 0.6) is 0 Å². The van der Waals surface area contributed by atoms with Crippen LogP contribution in [-0.4, -0.2) is 30.7 Å². The summed E-state index contributed by atoms with van der Waals surface area (Å²) in [6, 6.07) is 0. The van der Waals surface area contributed by atoms with Gasteiger partial charge in [0.2, 0.25) is 0 Å². The lowest BCUT2D eigenvalue weighted by Gasteiger charge is -2.00. The van der Waals surface area contributed by atoms with E-state index >= 15 is 0 Å². The molecule has 1 saturated carbocycles. The number of aromatic nitrogens is 4. The molecule has 0 atom stereocenters. The summed E-state index contributed by atoms with van der Waals surface area (Å²) in [4.78, 5) is 19.1. The highest BCUT2D eigenvalue weighted by Crippen LogP contribution is 2.32. The molecular weight excluding hydrogens is 220 g/mol. The van der Waals surface area contributed by atoms with E-state index in [-0.39, 0.29) is 5.56 Å². The second kappa shape index (κ2) is 3.80. The van der Waals surface area contributed by atoms with Crippen molar-refractivity contribution in [3.8, 4) is 0 Å². The normalized spacial score (nSPS) is 16.7. The van der Waals surface area contributed by atoms with E-state index in [1.54, 1.807) is 0 Å². The van der Waals surface area contributed by atoms with Crippen molar-refractivity contribution in [2.45, 2.75) is 31.6 Å². The van der Waals surface area contributed by atoms with Crippen LogP contribution >= 0.6 is 0 Å². The Morgan fingerprint density at radius 1 is 1.47 bits per heavy atom. The first-order valence-corrected chi connectivity index (χ1v) is 5.62. The molecule has 2 heterocycles. The summed E-state index contributed by atoms with van der Waals surface area (Å²) in [7, 11) is 0. The quantitative estimate of drug-likeness (QED) is 0.842. The lowest BCUT2D eigenvalue weighted by Crippen LogP contribution is -2.02. The molecule has 1 radical (unpaired) electrons. The highest BCUT2D eigenvalue weighted by Gasteiger charge is 2.22. The van der Waals surface area contributed by atoms with E-state index in [1.807, 2.05) is 0 Å². The predicted octanol–water partition coefficient (Wildman–Crippen LogP) is 1.28. The van der Waals surface area contributed by atoms with Crippen LogP contribution in [0, 0.1) is 6.20 Å². The van der Waals surface area contributed by atoms with Gasteiger partial charge in [-0.15, -0.1) is 5.10 Å². The molecule has 87 valence electrons. The van der Waals surface area contributed by atoms with Gasteiger partial charge in [0.25, 0.3) is 5.78 Å². The molecule has 3 rings (SSSR count). The number of fused-ring (bicyclic) bond motifs is 1. The van der Waals surface area contributed by atoms with E-state index in [1.165, 1.54) is 23.6 Å². The van der Waals surface area contributed by atoms with E-state index in [4.69, 9.17) is 5.11 Å². The summed E-state index contributed by atoms with van der Waals surface area (Å²) >= 11 is 0. The van der Waals surface area contributed by atoms with Crippen molar-refractivity contribution in [1.82, 2.24) is 19.6 Å². The Morgan fingerprint density at radius 3 is 2.94 bits per heavy atom. The molecule has 2 aromatic heterocycles. The summed E-state index contributed by atoms with van der Waals surface area (Å²) in [6.45, 7) is 0. The van der Waals surface area contributed by atoms with E-state index in [2.05, 4.69) is 21.3 Å². The van der Waals surface area contributed by atoms with Gasteiger partial charge in [0.1, 0.15) is 11.8 Å². The minimum Gasteiger partial charge on any atom is -0.478 e. The number of carboxylic acid groups (broad SMARTS) is 1. The van der Waals surface area contributed by atoms with Gasteiger partial charge in [-0.05, 0) is 12.8 Å². The number of nitrogens with zero attached hydrogens (tertiary/aromatic N) is 4. The van der Waals surface area contributed by atoms with Gasteiger partial charge < -0.3 is 5.11 Å². The van der Waals surface area contributed by atoms with Gasteiger partial charge in [-0.25, -0.2) is 9.78 Å². The van der Waals surface area contributed by atoms with Gasteiger partial charge in [-0.3, -0.25) is 0 Å². The van der Waals surface area contributed by atoms with Gasteiger partial charge in [-0.2, -0.15) is 9.50 Å². The van der Waals surface area contributed by atoms with Crippen LogP contribution in [0.15, 0.2) is 6.20 Å². The monoisotopic (exact) mass is 231 g/mol. The summed E-state index contributed by atoms with van der Waals surface area (Å²) in [6.07, 6.45) is 8.52. The van der Waals surface area contributed by atoms with Gasteiger partial charge in [0.15, 0.2) is 5.82 Å². The van der Waals surface area contributed by atoms with Crippen molar-refractivity contribution >= 4 is 11.7 Å². The number of carbonyl (C=O) groups is 1. The number of hydrogen-bond donors (Lipinski definition) is 1. The fourth-order valence-electron chi connectivity index (χ4n) is 2.20. The van der Waals surface area contributed by atoms with Crippen molar-refractivity contribution in [3.05, 3.63) is 23.8 Å². The number of rotatable bonds is 2. The Bertz CT molecular complexity index is 572. The van der Waals surface area contributed by atoms with Crippen LogP contribution in [0.2, 0.25) is 0 Å². The molecule has 0 aliphatic heterocycles. The molecule has 0 amide bonds. The Labute approximate surface area is 97.3 Å². The first-order chi connectivity index (χ1) is 8.24. The molecule has 6 heteroatoms. The molecule has 1 N–H and O–H groups in total. The van der Waals surface area contributed by atoms with Gasteiger partial charge in [0, 0.05) is 12.1 Å². The van der Waals surface area contributed by atoms with Crippen molar-refractivity contribution in [3.63, 3.8) is 0 Å². The number of hydrogen-bond acceptors (Lipinski definition) is 4. The average Bonchev–Trinajstić information content (AvgIpc) is 2.96. The second-order valence-corrected chi connectivity index (χ2v) is 4.25. The zero-order valence-electron chi connectivity index (χ0n) is 9.13. The van der Waals surface area contributed by atoms with Crippen molar-refractivity contribution < 1.29 is 9.90 Å². The summed E-state index contributed by atoms with van der Waals surface area (Å²) in [5.74, 6) is 0.501. The Kier molecular flexibility index (Phi) is 2.28. The van der Waals surface area contributed by atoms with Crippen LogP contribution in [0.4, 0.5) is 0 Å². The molecule has 0 aromatic carbocycles. The lowest BCUT2D eigenvalue weighted by atomic mass is 10.1. The molecular formula is C11H11N4O2. The SMILES string of the molecule is O=C(O)c1[c]n2nc(C3CCCC3)nc2nc1. The zero-order valence-corrected chi connectivity index (χ0v) is 9.13. The smallest absolute Gasteiger partial charge is 0.339 e. The average molecular weight is 231 g/mol. The molecule has 6 nitrogen and oxygen atoms in total. The fourth-order valence-corrected chi connectivity index (χ4v) is 2.20. The molecule has 0 spiro atoms. The molecule has 17 heavy (non-hydrogen) atoms. The minimum absolute atomic E-state index is 0.000344. The molecule has 1 fully saturated rings. The summed E-state index contributed by atoms with van der Waals surface area (Å²) < 4.78 is 1.33. The highest BCUT2D eigenvalue weighted by atomic mass is 16.4. The topological polar surface area (TPSA) is 80.4 Å². The Balaban J connectivity index is 2.03. The van der Waals surface area contributed by atoms with Crippen LogP contribution < -0.4 is 0 Å². The molecule has 2 aromatic rings. The van der Waals surface area contributed by atoms with Gasteiger partial charge in [-0.1, -0.05) is 12.8 Å². The Hall–Kier alpha value is -1.98. The second-order valence-electron chi connectivity index (χ2n) is 4.25. The molecule has 0 saturated heterocycles. The largest absolute Gasteiger partial charge is 0.478 e. The molecule has 1 aliphatic carbocycles. The summed E-state index contributed by atoms with van der Waals surface area (Å²) in [5, 5.41) is 13.1. The van der Waals surface area contributed by atoms with Crippen LogP contribution in [0.3, 0.4) is 0 Å². The first kappa shape index (κ1) is 10.2. The zero-order chi connectivity index (χ0) is 11.8. The van der Waals surface area contributed by atoms with Crippen molar-refractivity contribution in [2.24, 2.45) is 0 Å². The maximum Gasteiger partial charge on any atom is 0.339 e. The van der Waals surface area contributed by atoms with Crippen molar-refractivity contribution in [2.75, 3.05) is 0 Å². The van der Waals surface area contributed by atoms with E-state index in [0.29, 0.717) is 11.7 Å². The van der Waals surface area contributed by atoms with Gasteiger partial charge in [0.05, 0.1) is 0 Å². The first-order valence-electron chi connectivity index (χ1n) is 5.62. The maximum absolute atomic E-state index is 10.8. The predicted molar refractivity (Wildman–Crippen MR) is 57.8 cm³/mol. The molecule has 1 aliphatic rings.